The second-order valence-corrected chi connectivity index (χ2v) is 10.8. The number of ether oxygens (including phenoxy) is 1. The van der Waals surface area contributed by atoms with Crippen LogP contribution in [-0.2, 0) is 37.3 Å². The summed E-state index contributed by atoms with van der Waals surface area (Å²) < 4.78 is 70.7. The summed E-state index contributed by atoms with van der Waals surface area (Å²) in [5.41, 5.74) is 0.726. The van der Waals surface area contributed by atoms with E-state index < -0.39 is 31.1 Å². The van der Waals surface area contributed by atoms with Crippen molar-refractivity contribution in [2.75, 3.05) is 38.1 Å². The first-order chi connectivity index (χ1) is 19.5. The minimum Gasteiger partial charge on any atom is -0.495 e. The van der Waals surface area contributed by atoms with Crippen LogP contribution >= 0.6 is 7.60 Å². The number of alkyl halides is 3. The van der Waals surface area contributed by atoms with E-state index in [2.05, 4.69) is 20.6 Å². The third-order valence-corrected chi connectivity index (χ3v) is 8.07. The number of fused-ring (bicyclic) bond motifs is 1. The van der Waals surface area contributed by atoms with Crippen molar-refractivity contribution in [3.8, 4) is 5.75 Å². The number of hydrogen-bond donors (Lipinski definition) is 2. The zero-order valence-electron chi connectivity index (χ0n) is 22.7. The molecule has 4 rings (SSSR count). The molecule has 15 heteroatoms. The molecule has 220 valence electrons. The summed E-state index contributed by atoms with van der Waals surface area (Å²) in [5, 5.41) is 6.63. The smallest absolute Gasteiger partial charge is 0.421 e. The molecule has 0 aliphatic carbocycles. The molecule has 0 radical (unpaired) electrons. The molecule has 0 atom stereocenters. The number of carbonyl (C=O) groups is 1. The van der Waals surface area contributed by atoms with Crippen LogP contribution in [0.15, 0.2) is 42.6 Å². The highest BCUT2D eigenvalue weighted by molar-refractivity contribution is 7.53. The quantitative estimate of drug-likeness (QED) is 0.231. The van der Waals surface area contributed by atoms with Gasteiger partial charge in [0.05, 0.1) is 57.1 Å². The van der Waals surface area contributed by atoms with Crippen LogP contribution in [0.2, 0.25) is 0 Å². The van der Waals surface area contributed by atoms with E-state index in [0.717, 1.165) is 5.06 Å². The molecule has 1 aromatic heterocycles. The molecule has 1 amide bonds. The maximum absolute atomic E-state index is 13.9. The number of carbonyl (C=O) groups excluding carboxylic acids is 1. The van der Waals surface area contributed by atoms with Crippen molar-refractivity contribution < 1.29 is 41.2 Å². The van der Waals surface area contributed by atoms with Crippen LogP contribution in [0.1, 0.15) is 40.9 Å². The van der Waals surface area contributed by atoms with Gasteiger partial charge < -0.3 is 24.4 Å². The molecule has 0 bridgehead atoms. The van der Waals surface area contributed by atoms with Gasteiger partial charge in [-0.3, -0.25) is 14.2 Å². The van der Waals surface area contributed by atoms with Crippen LogP contribution in [0.25, 0.3) is 0 Å². The molecule has 11 nitrogen and oxygen atoms in total. The Hall–Kier alpha value is -3.71. The highest BCUT2D eigenvalue weighted by Gasteiger charge is 2.37. The zero-order valence-corrected chi connectivity index (χ0v) is 23.6. The normalized spacial score (nSPS) is 13.3. The van der Waals surface area contributed by atoms with Crippen LogP contribution in [0.3, 0.4) is 0 Å². The number of rotatable bonds is 12. The number of nitrogens with one attached hydrogen (secondary N) is 2. The number of hydrogen-bond acceptors (Lipinski definition) is 10. The molecule has 1 aliphatic rings. The average molecular weight is 596 g/mol. The van der Waals surface area contributed by atoms with Crippen molar-refractivity contribution >= 4 is 36.6 Å². The van der Waals surface area contributed by atoms with E-state index in [0.29, 0.717) is 28.8 Å². The van der Waals surface area contributed by atoms with Gasteiger partial charge in [-0.15, -0.1) is 0 Å². The van der Waals surface area contributed by atoms with Crippen molar-refractivity contribution in [1.82, 2.24) is 15.0 Å². The lowest BCUT2D eigenvalue weighted by atomic mass is 10.1. The monoisotopic (exact) mass is 595 g/mol. The number of halogens is 3. The van der Waals surface area contributed by atoms with Gasteiger partial charge in [0.25, 0.3) is 5.91 Å². The number of amides is 1. The molecule has 3 aromatic rings. The molecule has 0 saturated heterocycles. The third kappa shape index (κ3) is 6.79. The summed E-state index contributed by atoms with van der Waals surface area (Å²) >= 11 is 0. The summed E-state index contributed by atoms with van der Waals surface area (Å²) in [4.78, 5) is 25.7. The number of benzene rings is 2. The summed E-state index contributed by atoms with van der Waals surface area (Å²) in [5.74, 6) is -0.920. The Morgan fingerprint density at radius 3 is 2.41 bits per heavy atom. The van der Waals surface area contributed by atoms with Crippen molar-refractivity contribution in [3.63, 3.8) is 0 Å². The number of anilines is 4. The van der Waals surface area contributed by atoms with Crippen molar-refractivity contribution in [2.24, 2.45) is 0 Å². The number of aromatic nitrogens is 2. The number of nitrogens with zero attached hydrogens (tertiary/aromatic N) is 3. The van der Waals surface area contributed by atoms with Gasteiger partial charge in [0.2, 0.25) is 5.95 Å². The van der Waals surface area contributed by atoms with E-state index in [1.54, 1.807) is 44.2 Å². The van der Waals surface area contributed by atoms with Crippen LogP contribution < -0.4 is 15.4 Å². The molecule has 0 fully saturated rings. The highest BCUT2D eigenvalue weighted by Crippen LogP contribution is 2.51. The Morgan fingerprint density at radius 2 is 1.78 bits per heavy atom. The van der Waals surface area contributed by atoms with E-state index in [4.69, 9.17) is 18.6 Å². The fraction of sp³-hybridized carbons (Fsp3) is 0.346. The van der Waals surface area contributed by atoms with Gasteiger partial charge in [-0.05, 0) is 43.2 Å². The van der Waals surface area contributed by atoms with E-state index in [-0.39, 0.29) is 43.1 Å². The van der Waals surface area contributed by atoms with Gasteiger partial charge in [-0.1, -0.05) is 18.2 Å². The predicted octanol–water partition coefficient (Wildman–Crippen LogP) is 6.27. The van der Waals surface area contributed by atoms with E-state index in [9.17, 15) is 22.5 Å². The Bertz CT molecular complexity index is 1460. The Labute approximate surface area is 234 Å². The van der Waals surface area contributed by atoms with E-state index >= 15 is 0 Å². The third-order valence-electron chi connectivity index (χ3n) is 6.01. The largest absolute Gasteiger partial charge is 0.495 e. The van der Waals surface area contributed by atoms with Crippen molar-refractivity contribution in [3.05, 3.63) is 64.8 Å². The van der Waals surface area contributed by atoms with Gasteiger partial charge in [-0.25, -0.2) is 10.0 Å². The standard InChI is InChI=1S/C26H29F3N5O6P/c1-5-39-41(36,40-6-2)15-16-10-11-19(21(12-16)37-3)32-25-30-13-18(26(27,28)29)23(33-25)31-20-9-7-8-17-14-34(38-4)24(35)22(17)20/h7-13H,5-6,14-15H2,1-4H3,(H2,30,31,32,33). The Morgan fingerprint density at radius 1 is 1.05 bits per heavy atom. The lowest BCUT2D eigenvalue weighted by Crippen LogP contribution is -2.22. The number of hydroxylamine groups is 2. The summed E-state index contributed by atoms with van der Waals surface area (Å²) in [6, 6.07) is 9.63. The van der Waals surface area contributed by atoms with Crippen LogP contribution in [-0.4, -0.2) is 48.4 Å². The van der Waals surface area contributed by atoms with E-state index in [1.165, 1.54) is 20.3 Å². The van der Waals surface area contributed by atoms with Crippen LogP contribution in [0.4, 0.5) is 36.3 Å². The molecular weight excluding hydrogens is 566 g/mol. The predicted molar refractivity (Wildman–Crippen MR) is 144 cm³/mol. The fourth-order valence-corrected chi connectivity index (χ4v) is 5.95. The molecule has 2 heterocycles. The van der Waals surface area contributed by atoms with Crippen LogP contribution in [0.5, 0.6) is 5.75 Å². The first-order valence-corrected chi connectivity index (χ1v) is 14.3. The summed E-state index contributed by atoms with van der Waals surface area (Å²) in [6.07, 6.45) is -4.14. The van der Waals surface area contributed by atoms with Crippen molar-refractivity contribution in [1.29, 1.82) is 0 Å². The molecule has 41 heavy (non-hydrogen) atoms. The lowest BCUT2D eigenvalue weighted by molar-refractivity contribution is -0.137. The summed E-state index contributed by atoms with van der Waals surface area (Å²) in [7, 11) is -0.641. The second kappa shape index (κ2) is 12.4. The average Bonchev–Trinajstić information content (AvgIpc) is 3.25. The minimum absolute atomic E-state index is 0.00319. The van der Waals surface area contributed by atoms with Gasteiger partial charge in [-0.2, -0.15) is 18.2 Å². The SMILES string of the molecule is CCOP(=O)(Cc1ccc(Nc2ncc(C(F)(F)F)c(Nc3cccc4c3C(=O)N(OC)C4)n2)c(OC)c1)OCC. The Kier molecular flexibility index (Phi) is 9.17. The molecule has 2 N–H and O–H groups in total. The van der Waals surface area contributed by atoms with Crippen molar-refractivity contribution in [2.45, 2.75) is 32.7 Å². The molecule has 2 aromatic carbocycles. The number of methoxy groups -OCH3 is 1. The van der Waals surface area contributed by atoms with Gasteiger partial charge >= 0.3 is 13.8 Å². The van der Waals surface area contributed by atoms with Gasteiger partial charge in [0, 0.05) is 6.20 Å². The van der Waals surface area contributed by atoms with Gasteiger partial charge in [0.1, 0.15) is 17.1 Å². The van der Waals surface area contributed by atoms with Crippen LogP contribution in [0, 0.1) is 0 Å². The molecule has 0 unspecified atom stereocenters. The fourth-order valence-electron chi connectivity index (χ4n) is 4.26. The first kappa shape index (κ1) is 30.3. The summed E-state index contributed by atoms with van der Waals surface area (Å²) in [6.45, 7) is 4.00. The van der Waals surface area contributed by atoms with Gasteiger partial charge in [0.15, 0.2) is 0 Å². The topological polar surface area (TPSA) is 124 Å². The molecule has 0 saturated carbocycles. The lowest BCUT2D eigenvalue weighted by Gasteiger charge is -2.19. The zero-order chi connectivity index (χ0) is 29.8. The highest BCUT2D eigenvalue weighted by atomic mass is 31.2. The second-order valence-electron chi connectivity index (χ2n) is 8.71. The molecule has 0 spiro atoms. The first-order valence-electron chi connectivity index (χ1n) is 12.5. The van der Waals surface area contributed by atoms with E-state index in [1.807, 2.05) is 0 Å². The minimum atomic E-state index is -4.78. The Balaban J connectivity index is 1.65. The molecular formula is C26H29F3N5O6P. The maximum Gasteiger partial charge on any atom is 0.421 e. The molecule has 1 aliphatic heterocycles. The maximum atomic E-state index is 13.9.